The van der Waals surface area contributed by atoms with Crippen molar-refractivity contribution in [3.63, 3.8) is 0 Å². The van der Waals surface area contributed by atoms with Gasteiger partial charge in [0.1, 0.15) is 0 Å². The maximum atomic E-state index is 10.5. The van der Waals surface area contributed by atoms with Crippen LogP contribution >= 0.6 is 0 Å². The van der Waals surface area contributed by atoms with Crippen LogP contribution in [0.4, 0.5) is 0 Å². The molecule has 0 bridgehead atoms. The predicted octanol–water partition coefficient (Wildman–Crippen LogP) is -0.887. The van der Waals surface area contributed by atoms with Gasteiger partial charge in [-0.25, -0.2) is 4.79 Å². The molecule has 4 N–H and O–H groups in total. The van der Waals surface area contributed by atoms with Crippen molar-refractivity contribution in [2.24, 2.45) is 11.6 Å². The van der Waals surface area contributed by atoms with Crippen LogP contribution in [0.3, 0.4) is 0 Å². The summed E-state index contributed by atoms with van der Waals surface area (Å²) < 4.78 is 4.83. The number of nitrogens with two attached hydrogens (primary N) is 2. The minimum absolute atomic E-state index is 0.117. The van der Waals surface area contributed by atoms with Gasteiger partial charge in [0.2, 0.25) is 6.23 Å². The average Bonchev–Trinajstić information content (AvgIpc) is 1.85. The van der Waals surface area contributed by atoms with E-state index in [-0.39, 0.29) is 6.10 Å². The molecule has 0 fully saturated rings. The quantitative estimate of drug-likeness (QED) is 0.400. The Labute approximate surface area is 59.2 Å². The van der Waals surface area contributed by atoms with Crippen molar-refractivity contribution in [2.45, 2.75) is 26.2 Å². The van der Waals surface area contributed by atoms with E-state index < -0.39 is 12.2 Å². The van der Waals surface area contributed by atoms with Gasteiger partial charge in [-0.2, -0.15) is 5.90 Å². The summed E-state index contributed by atoms with van der Waals surface area (Å²) in [5.74, 6) is 3.77. The van der Waals surface area contributed by atoms with Crippen molar-refractivity contribution in [1.82, 2.24) is 0 Å². The molecule has 10 heavy (non-hydrogen) atoms. The summed E-state index contributed by atoms with van der Waals surface area (Å²) in [5, 5.41) is 0. The molecule has 0 aliphatic carbocycles. The maximum absolute atomic E-state index is 10.5. The van der Waals surface area contributed by atoms with Gasteiger partial charge in [0.05, 0.1) is 6.10 Å². The normalized spacial score (nSPS) is 13.3. The molecular formula is C5H12N2O3. The fraction of sp³-hybridized carbons (Fsp3) is 0.800. The number of ether oxygens (including phenoxy) is 1. The molecule has 0 heterocycles. The van der Waals surface area contributed by atoms with E-state index in [1.165, 1.54) is 0 Å². The molecular weight excluding hydrogens is 136 g/mol. The van der Waals surface area contributed by atoms with Crippen molar-refractivity contribution < 1.29 is 14.4 Å². The zero-order valence-corrected chi connectivity index (χ0v) is 6.03. The third kappa shape index (κ3) is 3.39. The highest BCUT2D eigenvalue weighted by atomic mass is 16.7. The summed E-state index contributed by atoms with van der Waals surface area (Å²) in [4.78, 5) is 14.3. The molecule has 0 rings (SSSR count). The Kier molecular flexibility index (Phi) is 3.94. The van der Waals surface area contributed by atoms with Crippen LogP contribution in [0.1, 0.15) is 13.8 Å². The van der Waals surface area contributed by atoms with Crippen LogP contribution in [0.25, 0.3) is 0 Å². The molecule has 1 unspecified atom stereocenters. The first-order valence-electron chi connectivity index (χ1n) is 2.89. The number of hydrogen-bond acceptors (Lipinski definition) is 5. The minimum atomic E-state index is -1.08. The second-order valence-electron chi connectivity index (χ2n) is 2.04. The Bertz CT molecular complexity index is 115. The first-order chi connectivity index (χ1) is 4.57. The highest BCUT2D eigenvalue weighted by Gasteiger charge is 2.15. The number of carbonyl (C=O) groups is 1. The van der Waals surface area contributed by atoms with Gasteiger partial charge in [0.25, 0.3) is 0 Å². The lowest BCUT2D eigenvalue weighted by atomic mass is 10.4. The van der Waals surface area contributed by atoms with E-state index in [2.05, 4.69) is 10.7 Å². The van der Waals surface area contributed by atoms with Crippen molar-refractivity contribution in [2.75, 3.05) is 0 Å². The summed E-state index contributed by atoms with van der Waals surface area (Å²) in [6, 6.07) is 0. The smallest absolute Gasteiger partial charge is 0.368 e. The van der Waals surface area contributed by atoms with Crippen LogP contribution in [0, 0.1) is 0 Å². The van der Waals surface area contributed by atoms with E-state index >= 15 is 0 Å². The molecule has 60 valence electrons. The largest absolute Gasteiger partial charge is 0.370 e. The van der Waals surface area contributed by atoms with Gasteiger partial charge in [-0.15, -0.1) is 0 Å². The first kappa shape index (κ1) is 9.35. The molecule has 0 aliphatic rings. The summed E-state index contributed by atoms with van der Waals surface area (Å²) in [7, 11) is 0. The van der Waals surface area contributed by atoms with Gasteiger partial charge in [-0.3, -0.25) is 5.73 Å². The van der Waals surface area contributed by atoms with Crippen LogP contribution in [0.5, 0.6) is 0 Å². The van der Waals surface area contributed by atoms with Gasteiger partial charge in [-0.05, 0) is 13.8 Å². The Morgan fingerprint density at radius 2 is 2.00 bits per heavy atom. The Morgan fingerprint density at radius 1 is 1.50 bits per heavy atom. The molecule has 5 nitrogen and oxygen atoms in total. The van der Waals surface area contributed by atoms with Crippen LogP contribution < -0.4 is 11.6 Å². The Balaban J connectivity index is 3.61. The predicted molar refractivity (Wildman–Crippen MR) is 34.5 cm³/mol. The van der Waals surface area contributed by atoms with E-state index in [9.17, 15) is 4.79 Å². The molecule has 0 amide bonds. The maximum Gasteiger partial charge on any atom is 0.368 e. The van der Waals surface area contributed by atoms with E-state index in [4.69, 9.17) is 10.5 Å². The van der Waals surface area contributed by atoms with Crippen LogP contribution in [-0.2, 0) is 14.4 Å². The second kappa shape index (κ2) is 4.21. The zero-order valence-electron chi connectivity index (χ0n) is 6.03. The monoisotopic (exact) mass is 148 g/mol. The standard InChI is InChI=1S/C5H12N2O3/c1-3(2)9-4(6)5(8)10-7/h3-4H,6-7H2,1-2H3. The molecule has 1 atom stereocenters. The van der Waals surface area contributed by atoms with Gasteiger partial charge in [0.15, 0.2) is 0 Å². The van der Waals surface area contributed by atoms with E-state index in [0.29, 0.717) is 0 Å². The molecule has 5 heteroatoms. The van der Waals surface area contributed by atoms with Gasteiger partial charge < -0.3 is 9.57 Å². The lowest BCUT2D eigenvalue weighted by molar-refractivity contribution is -0.160. The van der Waals surface area contributed by atoms with Crippen LogP contribution in [0.15, 0.2) is 0 Å². The van der Waals surface area contributed by atoms with Gasteiger partial charge in [0, 0.05) is 0 Å². The zero-order chi connectivity index (χ0) is 8.15. The van der Waals surface area contributed by atoms with Crippen LogP contribution in [0.2, 0.25) is 0 Å². The molecule has 0 spiro atoms. The highest BCUT2D eigenvalue weighted by molar-refractivity contribution is 5.73. The van der Waals surface area contributed by atoms with Crippen molar-refractivity contribution in [1.29, 1.82) is 0 Å². The molecule has 0 aromatic carbocycles. The third-order valence-electron chi connectivity index (χ3n) is 0.767. The van der Waals surface area contributed by atoms with Crippen molar-refractivity contribution in [3.8, 4) is 0 Å². The molecule has 0 saturated carbocycles. The molecule has 0 saturated heterocycles. The number of carbonyl (C=O) groups excluding carboxylic acids is 1. The number of rotatable bonds is 3. The average molecular weight is 148 g/mol. The van der Waals surface area contributed by atoms with Gasteiger partial charge in [-0.1, -0.05) is 0 Å². The van der Waals surface area contributed by atoms with Crippen molar-refractivity contribution >= 4 is 5.97 Å². The summed E-state index contributed by atoms with van der Waals surface area (Å²) in [5.41, 5.74) is 5.15. The molecule has 0 aliphatic heterocycles. The summed E-state index contributed by atoms with van der Waals surface area (Å²) >= 11 is 0. The molecule has 0 aromatic heterocycles. The number of hydrogen-bond donors (Lipinski definition) is 2. The lowest BCUT2D eigenvalue weighted by Crippen LogP contribution is -2.38. The Morgan fingerprint density at radius 3 is 2.30 bits per heavy atom. The SMILES string of the molecule is CC(C)OC(N)C(=O)ON. The fourth-order valence-corrected chi connectivity index (χ4v) is 0.416. The second-order valence-corrected chi connectivity index (χ2v) is 2.04. The highest BCUT2D eigenvalue weighted by Crippen LogP contribution is 1.92. The van der Waals surface area contributed by atoms with Crippen molar-refractivity contribution in [3.05, 3.63) is 0 Å². The first-order valence-corrected chi connectivity index (χ1v) is 2.89. The third-order valence-corrected chi connectivity index (χ3v) is 0.767. The molecule has 0 aromatic rings. The topological polar surface area (TPSA) is 87.6 Å². The lowest BCUT2D eigenvalue weighted by Gasteiger charge is -2.12. The summed E-state index contributed by atoms with van der Waals surface area (Å²) in [6.07, 6.45) is -1.20. The Hall–Kier alpha value is -0.650. The van der Waals surface area contributed by atoms with E-state index in [1.54, 1.807) is 13.8 Å². The summed E-state index contributed by atoms with van der Waals surface area (Å²) in [6.45, 7) is 3.51. The van der Waals surface area contributed by atoms with Crippen LogP contribution in [-0.4, -0.2) is 18.3 Å². The fourth-order valence-electron chi connectivity index (χ4n) is 0.416. The molecule has 0 radical (unpaired) electrons. The van der Waals surface area contributed by atoms with Gasteiger partial charge >= 0.3 is 5.97 Å². The van der Waals surface area contributed by atoms with E-state index in [0.717, 1.165) is 0 Å². The van der Waals surface area contributed by atoms with E-state index in [1.807, 2.05) is 0 Å². The minimum Gasteiger partial charge on any atom is -0.370 e.